The summed E-state index contributed by atoms with van der Waals surface area (Å²) in [6.07, 6.45) is 4.46. The van der Waals surface area contributed by atoms with Gasteiger partial charge in [0.1, 0.15) is 29.5 Å². The van der Waals surface area contributed by atoms with E-state index in [1.807, 2.05) is 0 Å². The molecule has 3 N–H and O–H groups in total. The highest BCUT2D eigenvalue weighted by Gasteiger charge is 2.16. The maximum atomic E-state index is 11.5. The van der Waals surface area contributed by atoms with Crippen molar-refractivity contribution in [3.05, 3.63) is 25.3 Å². The largest absolute Gasteiger partial charge is 0.460 e. The molecule has 0 amide bonds. The fraction of sp³-hybridized carbons (Fsp3) is 0.273. The van der Waals surface area contributed by atoms with Crippen molar-refractivity contribution in [1.29, 1.82) is 0 Å². The second kappa shape index (κ2) is 6.30. The lowest BCUT2D eigenvalue weighted by molar-refractivity contribution is -0.143. The quantitative estimate of drug-likeness (QED) is 0.343. The number of esters is 1. The summed E-state index contributed by atoms with van der Waals surface area (Å²) in [4.78, 5) is 26.6. The number of fused-ring (bicyclic) bond motifs is 1. The first-order chi connectivity index (χ1) is 9.22. The summed E-state index contributed by atoms with van der Waals surface area (Å²) in [5, 5.41) is 0.703. The van der Waals surface area contributed by atoms with E-state index in [1.165, 1.54) is 24.2 Å². The summed E-state index contributed by atoms with van der Waals surface area (Å²) in [6, 6.07) is -0.710. The number of hydrogen-bond donors (Lipinski definition) is 2. The Morgan fingerprint density at radius 1 is 1.58 bits per heavy atom. The molecule has 1 atom stereocenters. The number of H-pyrrole nitrogens is 1. The van der Waals surface area contributed by atoms with Gasteiger partial charge in [0, 0.05) is 5.75 Å². The van der Waals surface area contributed by atoms with E-state index in [4.69, 9.17) is 10.5 Å². The molecule has 7 nitrogen and oxygen atoms in total. The van der Waals surface area contributed by atoms with Crippen molar-refractivity contribution < 1.29 is 9.53 Å². The molecule has 0 radical (unpaired) electrons. The van der Waals surface area contributed by atoms with Crippen LogP contribution in [-0.4, -0.2) is 44.3 Å². The Labute approximate surface area is 113 Å². The molecule has 0 saturated carbocycles. The molecule has 0 aromatic carbocycles. The molecule has 100 valence electrons. The van der Waals surface area contributed by atoms with E-state index in [0.29, 0.717) is 16.4 Å². The number of ether oxygens (including phenoxy) is 1. The minimum atomic E-state index is -0.710. The Balaban J connectivity index is 1.96. The van der Waals surface area contributed by atoms with Crippen molar-refractivity contribution in [3.63, 3.8) is 0 Å². The Morgan fingerprint density at radius 3 is 3.21 bits per heavy atom. The van der Waals surface area contributed by atoms with Gasteiger partial charge in [-0.1, -0.05) is 12.7 Å². The van der Waals surface area contributed by atoms with Gasteiger partial charge in [0.2, 0.25) is 0 Å². The first-order valence-corrected chi connectivity index (χ1v) is 6.51. The smallest absolute Gasteiger partial charge is 0.324 e. The molecule has 2 rings (SSSR count). The van der Waals surface area contributed by atoms with Crippen LogP contribution in [0.25, 0.3) is 11.2 Å². The number of aromatic amines is 1. The predicted molar refractivity (Wildman–Crippen MR) is 71.5 cm³/mol. The van der Waals surface area contributed by atoms with Gasteiger partial charge in [-0.05, 0) is 0 Å². The zero-order valence-corrected chi connectivity index (χ0v) is 10.9. The standard InChI is InChI=1S/C11H13N5O2S/c1-2-3-18-11(17)7(12)4-19-10-8-9(14-5-13-8)15-6-16-10/h2,5-7H,1,3-4,12H2,(H,13,14,15,16). The Morgan fingerprint density at radius 2 is 2.42 bits per heavy atom. The minimum absolute atomic E-state index is 0.162. The van der Waals surface area contributed by atoms with Gasteiger partial charge < -0.3 is 15.5 Å². The molecule has 2 aromatic heterocycles. The van der Waals surface area contributed by atoms with Crippen LogP contribution >= 0.6 is 11.8 Å². The van der Waals surface area contributed by atoms with Crippen LogP contribution in [0, 0.1) is 0 Å². The predicted octanol–water partition coefficient (Wildman–Crippen LogP) is 0.501. The third-order valence-electron chi connectivity index (χ3n) is 2.23. The maximum absolute atomic E-state index is 11.5. The zero-order valence-electron chi connectivity index (χ0n) is 10.1. The Kier molecular flexibility index (Phi) is 4.48. The number of hydrogen-bond acceptors (Lipinski definition) is 7. The summed E-state index contributed by atoms with van der Waals surface area (Å²) in [5.74, 6) is -0.0940. The molecule has 19 heavy (non-hydrogen) atoms. The first-order valence-electron chi connectivity index (χ1n) is 5.52. The number of rotatable bonds is 6. The maximum Gasteiger partial charge on any atom is 0.324 e. The SMILES string of the molecule is C=CCOC(=O)C(N)CSc1ncnc2nc[nH]c12. The molecule has 2 heterocycles. The zero-order chi connectivity index (χ0) is 13.7. The second-order valence-electron chi connectivity index (χ2n) is 3.62. The minimum Gasteiger partial charge on any atom is -0.460 e. The van der Waals surface area contributed by atoms with Crippen molar-refractivity contribution in [2.45, 2.75) is 11.1 Å². The average Bonchev–Trinajstić information content (AvgIpc) is 2.90. The summed E-state index contributed by atoms with van der Waals surface area (Å²) in [5.41, 5.74) is 7.05. The molecular weight excluding hydrogens is 266 g/mol. The number of carbonyl (C=O) groups is 1. The van der Waals surface area contributed by atoms with Crippen LogP contribution < -0.4 is 5.73 Å². The van der Waals surface area contributed by atoms with Crippen LogP contribution in [0.2, 0.25) is 0 Å². The third kappa shape index (κ3) is 3.30. The van der Waals surface area contributed by atoms with Crippen molar-refractivity contribution in [2.75, 3.05) is 12.4 Å². The number of aromatic nitrogens is 4. The second-order valence-corrected chi connectivity index (χ2v) is 4.62. The highest BCUT2D eigenvalue weighted by Crippen LogP contribution is 2.22. The molecule has 0 spiro atoms. The summed E-state index contributed by atoms with van der Waals surface area (Å²) in [7, 11) is 0. The number of nitrogens with one attached hydrogen (secondary N) is 1. The average molecular weight is 279 g/mol. The van der Waals surface area contributed by atoms with E-state index in [-0.39, 0.29) is 6.61 Å². The molecule has 8 heteroatoms. The van der Waals surface area contributed by atoms with Crippen LogP contribution in [0.4, 0.5) is 0 Å². The highest BCUT2D eigenvalue weighted by atomic mass is 32.2. The van der Waals surface area contributed by atoms with Crippen LogP contribution in [0.3, 0.4) is 0 Å². The van der Waals surface area contributed by atoms with Gasteiger partial charge in [-0.15, -0.1) is 11.8 Å². The molecule has 0 aliphatic rings. The van der Waals surface area contributed by atoms with E-state index < -0.39 is 12.0 Å². The fourth-order valence-corrected chi connectivity index (χ4v) is 2.23. The summed E-state index contributed by atoms with van der Waals surface area (Å²) in [6.45, 7) is 3.62. The summed E-state index contributed by atoms with van der Waals surface area (Å²) >= 11 is 1.35. The molecule has 0 fully saturated rings. The van der Waals surface area contributed by atoms with Crippen LogP contribution in [-0.2, 0) is 9.53 Å². The normalized spacial score (nSPS) is 12.3. The topological polar surface area (TPSA) is 107 Å². The monoisotopic (exact) mass is 279 g/mol. The van der Waals surface area contributed by atoms with Gasteiger partial charge in [0.25, 0.3) is 0 Å². The van der Waals surface area contributed by atoms with Gasteiger partial charge in [0.05, 0.1) is 6.33 Å². The number of nitrogens with zero attached hydrogens (tertiary/aromatic N) is 3. The molecule has 0 aliphatic carbocycles. The number of imidazole rings is 1. The number of carbonyl (C=O) groups excluding carboxylic acids is 1. The Bertz CT molecular complexity index is 585. The first kappa shape index (κ1) is 13.5. The summed E-state index contributed by atoms with van der Waals surface area (Å²) < 4.78 is 4.87. The lowest BCUT2D eigenvalue weighted by Crippen LogP contribution is -2.34. The molecular formula is C11H13N5O2S. The van der Waals surface area contributed by atoms with Crippen molar-refractivity contribution >= 4 is 28.9 Å². The van der Waals surface area contributed by atoms with Crippen molar-refractivity contribution in [3.8, 4) is 0 Å². The molecule has 0 saturated heterocycles. The lowest BCUT2D eigenvalue weighted by Gasteiger charge is -2.09. The molecule has 1 unspecified atom stereocenters. The molecule has 0 bridgehead atoms. The van der Waals surface area contributed by atoms with E-state index >= 15 is 0 Å². The highest BCUT2D eigenvalue weighted by molar-refractivity contribution is 7.99. The van der Waals surface area contributed by atoms with Gasteiger partial charge in [0.15, 0.2) is 5.65 Å². The fourth-order valence-electron chi connectivity index (χ4n) is 1.34. The van der Waals surface area contributed by atoms with Crippen LogP contribution in [0.1, 0.15) is 0 Å². The lowest BCUT2D eigenvalue weighted by atomic mass is 10.4. The van der Waals surface area contributed by atoms with E-state index in [0.717, 1.165) is 5.52 Å². The Hall–Kier alpha value is -1.93. The number of nitrogens with two attached hydrogens (primary N) is 1. The van der Waals surface area contributed by atoms with Gasteiger partial charge in [-0.25, -0.2) is 15.0 Å². The van der Waals surface area contributed by atoms with Crippen LogP contribution in [0.15, 0.2) is 30.3 Å². The van der Waals surface area contributed by atoms with Crippen molar-refractivity contribution in [2.24, 2.45) is 5.73 Å². The van der Waals surface area contributed by atoms with E-state index in [2.05, 4.69) is 26.5 Å². The van der Waals surface area contributed by atoms with E-state index in [1.54, 1.807) is 6.33 Å². The van der Waals surface area contributed by atoms with Gasteiger partial charge in [-0.2, -0.15) is 0 Å². The van der Waals surface area contributed by atoms with Gasteiger partial charge >= 0.3 is 5.97 Å². The number of thioether (sulfide) groups is 1. The molecule has 2 aromatic rings. The van der Waals surface area contributed by atoms with Gasteiger partial charge in [-0.3, -0.25) is 4.79 Å². The molecule has 0 aliphatic heterocycles. The van der Waals surface area contributed by atoms with E-state index in [9.17, 15) is 4.79 Å². The third-order valence-corrected chi connectivity index (χ3v) is 3.34. The van der Waals surface area contributed by atoms with Crippen LogP contribution in [0.5, 0.6) is 0 Å². The van der Waals surface area contributed by atoms with Crippen molar-refractivity contribution in [1.82, 2.24) is 19.9 Å².